The second-order valence-corrected chi connectivity index (χ2v) is 7.05. The van der Waals surface area contributed by atoms with Gasteiger partial charge >= 0.3 is 6.03 Å². The van der Waals surface area contributed by atoms with Crippen LogP contribution in [0.2, 0.25) is 0 Å². The topological polar surface area (TPSA) is 73.3 Å². The summed E-state index contributed by atoms with van der Waals surface area (Å²) in [4.78, 5) is 39.3. The first-order valence-corrected chi connectivity index (χ1v) is 9.14. The van der Waals surface area contributed by atoms with Crippen molar-refractivity contribution in [1.29, 1.82) is 0 Å². The Balaban J connectivity index is 1.74. The van der Waals surface area contributed by atoms with Gasteiger partial charge < -0.3 is 0 Å². The number of nitrogens with zero attached hydrogens (tertiary/aromatic N) is 4. The van der Waals surface area contributed by atoms with Crippen molar-refractivity contribution in [2.24, 2.45) is 11.0 Å². The van der Waals surface area contributed by atoms with Gasteiger partial charge in [0.1, 0.15) is 5.82 Å². The number of carbonyl (C=O) groups excluding carboxylic acids is 3. The number of urea groups is 1. The number of amides is 4. The number of anilines is 1. The fourth-order valence-electron chi connectivity index (χ4n) is 3.66. The quantitative estimate of drug-likeness (QED) is 0.751. The van der Waals surface area contributed by atoms with Crippen molar-refractivity contribution in [2.45, 2.75) is 12.5 Å². The van der Waals surface area contributed by atoms with Crippen LogP contribution in [-0.2, 0) is 9.59 Å². The van der Waals surface area contributed by atoms with Gasteiger partial charge in [-0.05, 0) is 29.8 Å². The van der Waals surface area contributed by atoms with Gasteiger partial charge in [0.05, 0.1) is 17.4 Å². The maximum atomic E-state index is 13.4. The lowest BCUT2D eigenvalue weighted by Gasteiger charge is -2.32. The van der Waals surface area contributed by atoms with E-state index >= 15 is 0 Å². The molecular weight excluding hydrogens is 375 g/mol. The lowest BCUT2D eigenvalue weighted by Crippen LogP contribution is -2.58. The van der Waals surface area contributed by atoms with E-state index in [1.165, 1.54) is 26.2 Å². The summed E-state index contributed by atoms with van der Waals surface area (Å²) in [5.74, 6) is -2.69. The SMILES string of the molecule is CN1C(=O)C(C2=NN(c3ccccc3)C(c3ccc(F)cc3)C2)C(=O)N(C)C1=O. The predicted octanol–water partition coefficient (Wildman–Crippen LogP) is 2.80. The Morgan fingerprint density at radius 2 is 1.48 bits per heavy atom. The van der Waals surface area contributed by atoms with Crippen LogP contribution in [0.1, 0.15) is 18.0 Å². The third-order valence-electron chi connectivity index (χ3n) is 5.27. The predicted molar refractivity (Wildman–Crippen MR) is 105 cm³/mol. The molecule has 2 heterocycles. The smallest absolute Gasteiger partial charge is 0.273 e. The first-order valence-electron chi connectivity index (χ1n) is 9.14. The van der Waals surface area contributed by atoms with E-state index in [2.05, 4.69) is 5.10 Å². The van der Waals surface area contributed by atoms with Crippen molar-refractivity contribution in [3.8, 4) is 0 Å². The summed E-state index contributed by atoms with van der Waals surface area (Å²) in [6.45, 7) is 0. The molecule has 0 aromatic heterocycles. The molecule has 2 aliphatic heterocycles. The minimum Gasteiger partial charge on any atom is -0.273 e. The molecule has 1 saturated heterocycles. The number of carbonyl (C=O) groups is 3. The summed E-state index contributed by atoms with van der Waals surface area (Å²) in [6, 6.07) is 14.4. The van der Waals surface area contributed by atoms with Gasteiger partial charge in [-0.1, -0.05) is 30.3 Å². The van der Waals surface area contributed by atoms with Gasteiger partial charge in [-0.15, -0.1) is 0 Å². The zero-order valence-corrected chi connectivity index (χ0v) is 15.9. The van der Waals surface area contributed by atoms with E-state index in [9.17, 15) is 18.8 Å². The lowest BCUT2D eigenvalue weighted by molar-refractivity contribution is -0.144. The largest absolute Gasteiger partial charge is 0.332 e. The van der Waals surface area contributed by atoms with Gasteiger partial charge in [-0.25, -0.2) is 9.18 Å². The lowest BCUT2D eigenvalue weighted by atomic mass is 9.91. The monoisotopic (exact) mass is 394 g/mol. The fraction of sp³-hybridized carbons (Fsp3) is 0.238. The van der Waals surface area contributed by atoms with E-state index in [4.69, 9.17) is 0 Å². The van der Waals surface area contributed by atoms with Crippen LogP contribution >= 0.6 is 0 Å². The molecule has 1 atom stereocenters. The molecule has 2 aromatic carbocycles. The van der Waals surface area contributed by atoms with Gasteiger partial charge in [-0.2, -0.15) is 5.10 Å². The zero-order chi connectivity index (χ0) is 20.7. The van der Waals surface area contributed by atoms with Crippen LogP contribution < -0.4 is 5.01 Å². The Hall–Kier alpha value is -3.55. The van der Waals surface area contributed by atoms with Gasteiger partial charge in [0.15, 0.2) is 5.92 Å². The average Bonchev–Trinajstić information content (AvgIpc) is 3.17. The molecule has 1 unspecified atom stereocenters. The second-order valence-electron chi connectivity index (χ2n) is 7.05. The van der Waals surface area contributed by atoms with Gasteiger partial charge in [0.25, 0.3) is 0 Å². The Bertz CT molecular complexity index is 982. The third-order valence-corrected chi connectivity index (χ3v) is 5.27. The molecule has 29 heavy (non-hydrogen) atoms. The number of imide groups is 2. The Morgan fingerprint density at radius 1 is 0.897 bits per heavy atom. The van der Waals surface area contributed by atoms with Crippen molar-refractivity contribution in [1.82, 2.24) is 9.80 Å². The number of benzene rings is 2. The number of rotatable bonds is 3. The van der Waals surface area contributed by atoms with Gasteiger partial charge in [0, 0.05) is 20.5 Å². The molecule has 148 valence electrons. The molecule has 0 spiro atoms. The molecule has 0 aliphatic carbocycles. The van der Waals surface area contributed by atoms with Crippen molar-refractivity contribution in [3.05, 3.63) is 66.0 Å². The maximum Gasteiger partial charge on any atom is 0.332 e. The van der Waals surface area contributed by atoms with Crippen LogP contribution in [0.25, 0.3) is 0 Å². The van der Waals surface area contributed by atoms with Crippen LogP contribution in [0.3, 0.4) is 0 Å². The van der Waals surface area contributed by atoms with Crippen LogP contribution in [0.5, 0.6) is 0 Å². The van der Waals surface area contributed by atoms with E-state index in [-0.39, 0.29) is 11.9 Å². The number of hydrogen-bond donors (Lipinski definition) is 0. The second kappa shape index (κ2) is 7.12. The van der Waals surface area contributed by atoms with Crippen molar-refractivity contribution in [2.75, 3.05) is 19.1 Å². The fourth-order valence-corrected chi connectivity index (χ4v) is 3.66. The molecule has 0 bridgehead atoms. The highest BCUT2D eigenvalue weighted by molar-refractivity contribution is 6.27. The highest BCUT2D eigenvalue weighted by atomic mass is 19.1. The number of hydrogen-bond acceptors (Lipinski definition) is 5. The Morgan fingerprint density at radius 3 is 2.07 bits per heavy atom. The highest BCUT2D eigenvalue weighted by Crippen LogP contribution is 2.37. The standard InChI is InChI=1S/C21H19FN4O3/c1-24-19(27)18(20(28)25(2)21(24)29)16-12-17(13-8-10-14(22)11-9-13)26(23-16)15-6-4-3-5-7-15/h3-11,17-18H,12H2,1-2H3. The molecule has 7 nitrogen and oxygen atoms in total. The number of hydrazone groups is 1. The molecule has 4 amide bonds. The normalized spacial score (nSPS) is 20.5. The molecule has 8 heteroatoms. The average molecular weight is 394 g/mol. The highest BCUT2D eigenvalue weighted by Gasteiger charge is 2.47. The minimum atomic E-state index is -1.15. The molecular formula is C21H19FN4O3. The maximum absolute atomic E-state index is 13.4. The molecule has 4 rings (SSSR count). The molecule has 0 N–H and O–H groups in total. The molecule has 0 radical (unpaired) electrons. The zero-order valence-electron chi connectivity index (χ0n) is 15.9. The first-order chi connectivity index (χ1) is 13.9. The van der Waals surface area contributed by atoms with E-state index in [1.54, 1.807) is 17.1 Å². The van der Waals surface area contributed by atoms with E-state index in [1.807, 2.05) is 30.3 Å². The van der Waals surface area contributed by atoms with Crippen LogP contribution in [0.15, 0.2) is 59.7 Å². The van der Waals surface area contributed by atoms with E-state index in [0.717, 1.165) is 21.1 Å². The molecule has 0 saturated carbocycles. The first kappa shape index (κ1) is 18.8. The summed E-state index contributed by atoms with van der Waals surface area (Å²) in [5, 5.41) is 6.34. The van der Waals surface area contributed by atoms with Crippen molar-refractivity contribution >= 4 is 29.2 Å². The summed E-state index contributed by atoms with van der Waals surface area (Å²) >= 11 is 0. The summed E-state index contributed by atoms with van der Waals surface area (Å²) in [7, 11) is 2.70. The summed E-state index contributed by atoms with van der Waals surface area (Å²) in [5.41, 5.74) is 1.97. The Labute approximate surface area is 167 Å². The summed E-state index contributed by atoms with van der Waals surface area (Å²) in [6.07, 6.45) is 0.304. The number of barbiturate groups is 1. The third kappa shape index (κ3) is 3.16. The van der Waals surface area contributed by atoms with Crippen LogP contribution in [0.4, 0.5) is 14.9 Å². The van der Waals surface area contributed by atoms with Crippen molar-refractivity contribution in [3.63, 3.8) is 0 Å². The van der Waals surface area contributed by atoms with Crippen LogP contribution in [-0.4, -0.2) is 47.5 Å². The number of halogens is 1. The van der Waals surface area contributed by atoms with E-state index in [0.29, 0.717) is 12.1 Å². The molecule has 1 fully saturated rings. The molecule has 2 aromatic rings. The molecule has 2 aliphatic rings. The van der Waals surface area contributed by atoms with E-state index < -0.39 is 23.8 Å². The Kier molecular flexibility index (Phi) is 4.62. The van der Waals surface area contributed by atoms with Crippen molar-refractivity contribution < 1.29 is 18.8 Å². The minimum absolute atomic E-state index is 0.304. The van der Waals surface area contributed by atoms with Gasteiger partial charge in [-0.3, -0.25) is 24.4 Å². The summed E-state index contributed by atoms with van der Waals surface area (Å²) < 4.78 is 13.4. The van der Waals surface area contributed by atoms with Gasteiger partial charge in [0.2, 0.25) is 11.8 Å². The number of para-hydroxylation sites is 1. The van der Waals surface area contributed by atoms with Crippen LogP contribution in [0, 0.1) is 11.7 Å².